The van der Waals surface area contributed by atoms with E-state index in [-0.39, 0.29) is 34.4 Å². The summed E-state index contributed by atoms with van der Waals surface area (Å²) >= 11 is 12.6. The van der Waals surface area contributed by atoms with Gasteiger partial charge in [-0.1, -0.05) is 53.5 Å². The number of benzene rings is 4. The first-order valence-corrected chi connectivity index (χ1v) is 15.1. The number of sulfonamides is 1. The van der Waals surface area contributed by atoms with Gasteiger partial charge < -0.3 is 9.64 Å². The molecule has 5 rings (SSSR count). The molecular weight excluding hydrogens is 586 g/mol. The molecule has 0 N–H and O–H groups in total. The molecule has 0 saturated carbocycles. The SMILES string of the molecule is Cc1cc(Oc2cc(Cl)ccc2CN(C)C(=O)c2cc(S(=O)(=O)N3CCc4ccccc4C3)ccc2Cl)ccc1F. The second-order valence-electron chi connectivity index (χ2n) is 9.93. The number of hydrogen-bond acceptors (Lipinski definition) is 4. The molecule has 0 saturated heterocycles. The summed E-state index contributed by atoms with van der Waals surface area (Å²) in [6.07, 6.45) is 0.612. The van der Waals surface area contributed by atoms with Crippen LogP contribution >= 0.6 is 23.2 Å². The Morgan fingerprint density at radius 1 is 1.00 bits per heavy atom. The van der Waals surface area contributed by atoms with E-state index < -0.39 is 15.9 Å². The summed E-state index contributed by atoms with van der Waals surface area (Å²) in [6.45, 7) is 2.35. The molecule has 0 bridgehead atoms. The van der Waals surface area contributed by atoms with Gasteiger partial charge in [-0.15, -0.1) is 0 Å². The fraction of sp³-hybridized carbons (Fsp3) is 0.194. The standard InChI is InChI=1S/C31H27Cl2FN2O4S/c1-20-15-25(9-12-29(20)34)40-30-16-24(32)8-7-23(30)18-35(2)31(37)27-17-26(10-11-28(27)33)41(38,39)36-14-13-21-5-3-4-6-22(21)19-36/h3-12,15-17H,13-14,18-19H2,1-2H3. The van der Waals surface area contributed by atoms with Crippen LogP contribution < -0.4 is 4.74 Å². The first kappa shape index (κ1) is 29.1. The molecule has 10 heteroatoms. The van der Waals surface area contributed by atoms with Crippen molar-refractivity contribution in [1.29, 1.82) is 0 Å². The zero-order chi connectivity index (χ0) is 29.3. The lowest BCUT2D eigenvalue weighted by Crippen LogP contribution is -2.36. The Morgan fingerprint density at radius 2 is 1.76 bits per heavy atom. The molecule has 1 aliphatic rings. The number of aryl methyl sites for hydroxylation is 1. The monoisotopic (exact) mass is 612 g/mol. The van der Waals surface area contributed by atoms with Gasteiger partial charge in [-0.2, -0.15) is 4.31 Å². The van der Waals surface area contributed by atoms with Crippen molar-refractivity contribution in [3.05, 3.63) is 123 Å². The summed E-state index contributed by atoms with van der Waals surface area (Å²) < 4.78 is 48.2. The summed E-state index contributed by atoms with van der Waals surface area (Å²) in [6, 6.07) is 21.4. The van der Waals surface area contributed by atoms with Gasteiger partial charge in [0.25, 0.3) is 5.91 Å². The number of halogens is 3. The highest BCUT2D eigenvalue weighted by atomic mass is 35.5. The fourth-order valence-electron chi connectivity index (χ4n) is 4.75. The molecule has 0 aromatic heterocycles. The van der Waals surface area contributed by atoms with Gasteiger partial charge in [-0.05, 0) is 78.6 Å². The lowest BCUT2D eigenvalue weighted by Gasteiger charge is -2.28. The van der Waals surface area contributed by atoms with Gasteiger partial charge in [0.1, 0.15) is 17.3 Å². The van der Waals surface area contributed by atoms with E-state index >= 15 is 0 Å². The quantitative estimate of drug-likeness (QED) is 0.220. The number of carbonyl (C=O) groups is 1. The average Bonchev–Trinajstić information content (AvgIpc) is 2.96. The molecule has 0 unspecified atom stereocenters. The summed E-state index contributed by atoms with van der Waals surface area (Å²) in [5.74, 6) is 0.00781. The third kappa shape index (κ3) is 6.26. The highest BCUT2D eigenvalue weighted by Gasteiger charge is 2.30. The normalized spacial score (nSPS) is 13.5. The third-order valence-corrected chi connectivity index (χ3v) is 9.45. The smallest absolute Gasteiger partial charge is 0.255 e. The van der Waals surface area contributed by atoms with Gasteiger partial charge in [0, 0.05) is 37.3 Å². The summed E-state index contributed by atoms with van der Waals surface area (Å²) in [4.78, 5) is 14.9. The maximum absolute atomic E-state index is 13.7. The van der Waals surface area contributed by atoms with Crippen LogP contribution in [0.3, 0.4) is 0 Å². The van der Waals surface area contributed by atoms with Crippen LogP contribution in [0.4, 0.5) is 4.39 Å². The van der Waals surface area contributed by atoms with E-state index in [1.54, 1.807) is 38.2 Å². The van der Waals surface area contributed by atoms with Crippen LogP contribution in [0.2, 0.25) is 10.0 Å². The van der Waals surface area contributed by atoms with Crippen molar-refractivity contribution in [1.82, 2.24) is 9.21 Å². The minimum atomic E-state index is -3.87. The summed E-state index contributed by atoms with van der Waals surface area (Å²) in [7, 11) is -2.29. The molecule has 0 atom stereocenters. The van der Waals surface area contributed by atoms with E-state index in [0.29, 0.717) is 40.6 Å². The minimum Gasteiger partial charge on any atom is -0.457 e. The van der Waals surface area contributed by atoms with Crippen molar-refractivity contribution in [2.75, 3.05) is 13.6 Å². The van der Waals surface area contributed by atoms with E-state index in [4.69, 9.17) is 27.9 Å². The average molecular weight is 614 g/mol. The largest absolute Gasteiger partial charge is 0.457 e. The Hall–Kier alpha value is -3.43. The zero-order valence-corrected chi connectivity index (χ0v) is 24.7. The lowest BCUT2D eigenvalue weighted by molar-refractivity contribution is 0.0784. The Balaban J connectivity index is 1.37. The summed E-state index contributed by atoms with van der Waals surface area (Å²) in [5.41, 5.74) is 3.23. The maximum Gasteiger partial charge on any atom is 0.255 e. The minimum absolute atomic E-state index is 0.000209. The van der Waals surface area contributed by atoms with Gasteiger partial charge in [-0.3, -0.25) is 4.79 Å². The number of ether oxygens (including phenoxy) is 1. The molecule has 0 aliphatic carbocycles. The molecule has 1 heterocycles. The fourth-order valence-corrected chi connectivity index (χ4v) is 6.55. The Bertz CT molecular complexity index is 1750. The topological polar surface area (TPSA) is 66.9 Å². The number of amides is 1. The van der Waals surface area contributed by atoms with E-state index in [1.807, 2.05) is 24.3 Å². The van der Waals surface area contributed by atoms with Gasteiger partial charge in [0.05, 0.1) is 15.5 Å². The van der Waals surface area contributed by atoms with Gasteiger partial charge in [-0.25, -0.2) is 12.8 Å². The molecule has 4 aromatic rings. The number of nitrogens with zero attached hydrogens (tertiary/aromatic N) is 2. The van der Waals surface area contributed by atoms with Crippen molar-refractivity contribution in [2.24, 2.45) is 0 Å². The highest BCUT2D eigenvalue weighted by Crippen LogP contribution is 2.32. The molecule has 1 aliphatic heterocycles. The molecule has 0 fully saturated rings. The Labute approximate surface area is 248 Å². The van der Waals surface area contributed by atoms with Gasteiger partial charge in [0.15, 0.2) is 0 Å². The molecule has 41 heavy (non-hydrogen) atoms. The van der Waals surface area contributed by atoms with Crippen LogP contribution in [0.5, 0.6) is 11.5 Å². The predicted octanol–water partition coefficient (Wildman–Crippen LogP) is 7.25. The first-order valence-electron chi connectivity index (χ1n) is 12.9. The van der Waals surface area contributed by atoms with E-state index in [2.05, 4.69) is 0 Å². The second kappa shape index (κ2) is 11.8. The lowest BCUT2D eigenvalue weighted by atomic mass is 10.0. The third-order valence-electron chi connectivity index (χ3n) is 7.04. The van der Waals surface area contributed by atoms with Gasteiger partial charge in [0.2, 0.25) is 10.0 Å². The number of rotatable bonds is 7. The van der Waals surface area contributed by atoms with Crippen LogP contribution in [-0.4, -0.2) is 37.1 Å². The molecule has 1 amide bonds. The molecule has 0 spiro atoms. The maximum atomic E-state index is 13.7. The summed E-state index contributed by atoms with van der Waals surface area (Å²) in [5, 5.41) is 0.567. The van der Waals surface area contributed by atoms with Crippen molar-refractivity contribution in [3.63, 3.8) is 0 Å². The second-order valence-corrected chi connectivity index (χ2v) is 12.7. The molecule has 4 aromatic carbocycles. The predicted molar refractivity (Wildman–Crippen MR) is 158 cm³/mol. The molecule has 6 nitrogen and oxygen atoms in total. The first-order chi connectivity index (χ1) is 19.5. The van der Waals surface area contributed by atoms with Crippen molar-refractivity contribution in [2.45, 2.75) is 31.3 Å². The van der Waals surface area contributed by atoms with E-state index in [0.717, 1.165) is 11.1 Å². The van der Waals surface area contributed by atoms with Crippen LogP contribution in [0, 0.1) is 12.7 Å². The van der Waals surface area contributed by atoms with Gasteiger partial charge >= 0.3 is 0 Å². The highest BCUT2D eigenvalue weighted by molar-refractivity contribution is 7.89. The Kier molecular flexibility index (Phi) is 8.38. The van der Waals surface area contributed by atoms with Crippen molar-refractivity contribution < 1.29 is 22.3 Å². The van der Waals surface area contributed by atoms with Crippen LogP contribution in [-0.2, 0) is 29.5 Å². The molecule has 212 valence electrons. The number of fused-ring (bicyclic) bond motifs is 1. The zero-order valence-electron chi connectivity index (χ0n) is 22.4. The van der Waals surface area contributed by atoms with Crippen LogP contribution in [0.25, 0.3) is 0 Å². The number of hydrogen-bond donors (Lipinski definition) is 0. The van der Waals surface area contributed by atoms with Crippen molar-refractivity contribution in [3.8, 4) is 11.5 Å². The Morgan fingerprint density at radius 3 is 2.51 bits per heavy atom. The van der Waals surface area contributed by atoms with Crippen molar-refractivity contribution >= 4 is 39.1 Å². The molecular formula is C31H27Cl2FN2O4S. The van der Waals surface area contributed by atoms with E-state index in [1.165, 1.54) is 39.5 Å². The van der Waals surface area contributed by atoms with Crippen LogP contribution in [0.1, 0.15) is 32.6 Å². The number of carbonyl (C=O) groups excluding carboxylic acids is 1. The molecule has 0 radical (unpaired) electrons. The van der Waals surface area contributed by atoms with Crippen LogP contribution in [0.15, 0.2) is 83.8 Å². The van der Waals surface area contributed by atoms with E-state index in [9.17, 15) is 17.6 Å².